The first kappa shape index (κ1) is 17.8. The molecule has 3 aromatic rings. The van der Waals surface area contributed by atoms with E-state index in [1.807, 2.05) is 33.0 Å². The maximum absolute atomic E-state index is 11.7. The van der Waals surface area contributed by atoms with Crippen molar-refractivity contribution in [2.75, 3.05) is 11.9 Å². The Morgan fingerprint density at radius 2 is 2.04 bits per heavy atom. The zero-order valence-electron chi connectivity index (χ0n) is 15.4. The van der Waals surface area contributed by atoms with Crippen molar-refractivity contribution < 1.29 is 9.53 Å². The molecule has 0 bridgehead atoms. The molecule has 1 N–H and O–H groups in total. The van der Waals surface area contributed by atoms with Gasteiger partial charge >= 0.3 is 5.97 Å². The van der Waals surface area contributed by atoms with Gasteiger partial charge in [0, 0.05) is 31.0 Å². The summed E-state index contributed by atoms with van der Waals surface area (Å²) in [6.07, 6.45) is 3.66. The van der Waals surface area contributed by atoms with Gasteiger partial charge in [-0.25, -0.2) is 9.97 Å². The Morgan fingerprint density at radius 3 is 2.73 bits per heavy atom. The highest BCUT2D eigenvalue weighted by molar-refractivity contribution is 5.91. The first-order valence-electron chi connectivity index (χ1n) is 8.53. The quantitative estimate of drug-likeness (QED) is 0.680. The number of aryl methyl sites for hydroxylation is 2. The normalized spacial score (nSPS) is 12.2. The number of ether oxygens (including phenoxy) is 1. The van der Waals surface area contributed by atoms with Gasteiger partial charge in [0.2, 0.25) is 0 Å². The summed E-state index contributed by atoms with van der Waals surface area (Å²) in [5.41, 5.74) is 2.42. The van der Waals surface area contributed by atoms with E-state index in [0.29, 0.717) is 18.2 Å². The number of pyridine rings is 1. The van der Waals surface area contributed by atoms with E-state index < -0.39 is 0 Å². The second-order valence-electron chi connectivity index (χ2n) is 6.09. The Morgan fingerprint density at radius 1 is 1.31 bits per heavy atom. The van der Waals surface area contributed by atoms with Crippen LogP contribution in [0.3, 0.4) is 0 Å². The highest BCUT2D eigenvalue weighted by Gasteiger charge is 2.18. The summed E-state index contributed by atoms with van der Waals surface area (Å²) in [6.45, 7) is 6.00. The van der Waals surface area contributed by atoms with Gasteiger partial charge in [0.1, 0.15) is 5.82 Å². The number of anilines is 1. The molecule has 26 heavy (non-hydrogen) atoms. The van der Waals surface area contributed by atoms with Crippen LogP contribution in [0.2, 0.25) is 0 Å². The summed E-state index contributed by atoms with van der Waals surface area (Å²) in [7, 11) is 1.85. The van der Waals surface area contributed by atoms with Crippen molar-refractivity contribution in [2.24, 2.45) is 7.05 Å². The van der Waals surface area contributed by atoms with Gasteiger partial charge in [-0.2, -0.15) is 5.10 Å². The zero-order chi connectivity index (χ0) is 18.7. The summed E-state index contributed by atoms with van der Waals surface area (Å²) in [6, 6.07) is 3.57. The largest absolute Gasteiger partial charge is 0.466 e. The van der Waals surface area contributed by atoms with Crippen molar-refractivity contribution in [1.29, 1.82) is 0 Å². The molecule has 8 heteroatoms. The van der Waals surface area contributed by atoms with Crippen LogP contribution in [0.4, 0.5) is 5.82 Å². The molecule has 0 spiro atoms. The molecular formula is C18H22N6O2. The standard InChI is InChI=1S/C18H22N6O2/c1-5-26-14(25)10-11(2)20-17-15-12(3)23-24(4)18(15)22-16(21-17)13-6-8-19-9-7-13/h6-9,11H,5,10H2,1-4H3,(H,20,21,22)/t11-/m1/s1. The van der Waals surface area contributed by atoms with Gasteiger partial charge in [-0.1, -0.05) is 0 Å². The minimum absolute atomic E-state index is 0.142. The van der Waals surface area contributed by atoms with Crippen LogP contribution in [0.5, 0.6) is 0 Å². The van der Waals surface area contributed by atoms with E-state index in [-0.39, 0.29) is 18.4 Å². The fourth-order valence-corrected chi connectivity index (χ4v) is 2.83. The first-order chi connectivity index (χ1) is 12.5. The number of aromatic nitrogens is 5. The van der Waals surface area contributed by atoms with Crippen LogP contribution in [0.25, 0.3) is 22.4 Å². The van der Waals surface area contributed by atoms with Crippen LogP contribution in [0.15, 0.2) is 24.5 Å². The lowest BCUT2D eigenvalue weighted by atomic mass is 10.2. The monoisotopic (exact) mass is 354 g/mol. The molecule has 0 saturated heterocycles. The van der Waals surface area contributed by atoms with Crippen LogP contribution in [-0.2, 0) is 16.6 Å². The minimum atomic E-state index is -0.241. The predicted molar refractivity (Wildman–Crippen MR) is 98.6 cm³/mol. The average Bonchev–Trinajstić information content (AvgIpc) is 2.90. The van der Waals surface area contributed by atoms with E-state index in [0.717, 1.165) is 22.3 Å². The minimum Gasteiger partial charge on any atom is -0.466 e. The lowest BCUT2D eigenvalue weighted by Gasteiger charge is -2.15. The number of rotatable bonds is 6. The summed E-state index contributed by atoms with van der Waals surface area (Å²) in [4.78, 5) is 25.1. The zero-order valence-corrected chi connectivity index (χ0v) is 15.4. The maximum atomic E-state index is 11.7. The van der Waals surface area contributed by atoms with Crippen molar-refractivity contribution >= 4 is 22.8 Å². The van der Waals surface area contributed by atoms with Crippen LogP contribution in [0, 0.1) is 6.92 Å². The molecule has 136 valence electrons. The third-order valence-corrected chi connectivity index (χ3v) is 3.96. The van der Waals surface area contributed by atoms with E-state index in [9.17, 15) is 4.79 Å². The maximum Gasteiger partial charge on any atom is 0.307 e. The molecular weight excluding hydrogens is 332 g/mol. The number of hydrogen-bond donors (Lipinski definition) is 1. The van der Waals surface area contributed by atoms with Crippen molar-refractivity contribution in [2.45, 2.75) is 33.2 Å². The van der Waals surface area contributed by atoms with Crippen LogP contribution in [-0.4, -0.2) is 43.4 Å². The van der Waals surface area contributed by atoms with E-state index >= 15 is 0 Å². The molecule has 0 aliphatic rings. The van der Waals surface area contributed by atoms with Crippen molar-refractivity contribution in [3.05, 3.63) is 30.2 Å². The molecule has 0 aliphatic heterocycles. The van der Waals surface area contributed by atoms with Gasteiger partial charge in [-0.15, -0.1) is 0 Å². The molecule has 0 unspecified atom stereocenters. The highest BCUT2D eigenvalue weighted by Crippen LogP contribution is 2.27. The Bertz CT molecular complexity index is 922. The molecule has 0 fully saturated rings. The summed E-state index contributed by atoms with van der Waals surface area (Å²) in [5, 5.41) is 8.62. The van der Waals surface area contributed by atoms with Gasteiger partial charge in [0.05, 0.1) is 24.1 Å². The smallest absolute Gasteiger partial charge is 0.307 e. The van der Waals surface area contributed by atoms with Crippen molar-refractivity contribution in [1.82, 2.24) is 24.7 Å². The lowest BCUT2D eigenvalue weighted by Crippen LogP contribution is -2.22. The van der Waals surface area contributed by atoms with Gasteiger partial charge in [-0.05, 0) is 32.9 Å². The van der Waals surface area contributed by atoms with Crippen molar-refractivity contribution in [3.63, 3.8) is 0 Å². The first-order valence-corrected chi connectivity index (χ1v) is 8.53. The number of carbonyl (C=O) groups is 1. The molecule has 1 atom stereocenters. The fraction of sp³-hybridized carbons (Fsp3) is 0.389. The van der Waals surface area contributed by atoms with Crippen molar-refractivity contribution in [3.8, 4) is 11.4 Å². The van der Waals surface area contributed by atoms with E-state index in [1.165, 1.54) is 0 Å². The predicted octanol–water partition coefficient (Wildman–Crippen LogP) is 2.49. The lowest BCUT2D eigenvalue weighted by molar-refractivity contribution is -0.143. The van der Waals surface area contributed by atoms with Crippen LogP contribution < -0.4 is 5.32 Å². The molecule has 3 aromatic heterocycles. The van der Waals surface area contributed by atoms with Gasteiger partial charge in [-0.3, -0.25) is 14.5 Å². The number of hydrogen-bond acceptors (Lipinski definition) is 7. The molecule has 0 aliphatic carbocycles. The van der Waals surface area contributed by atoms with Gasteiger partial charge in [0.25, 0.3) is 0 Å². The second-order valence-corrected chi connectivity index (χ2v) is 6.09. The summed E-state index contributed by atoms with van der Waals surface area (Å²) < 4.78 is 6.76. The number of nitrogens with one attached hydrogen (secondary N) is 1. The van der Waals surface area contributed by atoms with Gasteiger partial charge in [0.15, 0.2) is 11.5 Å². The number of carbonyl (C=O) groups excluding carboxylic acids is 1. The average molecular weight is 354 g/mol. The highest BCUT2D eigenvalue weighted by atomic mass is 16.5. The molecule has 0 aromatic carbocycles. The Balaban J connectivity index is 2.01. The molecule has 0 amide bonds. The van der Waals surface area contributed by atoms with E-state index in [2.05, 4.69) is 25.4 Å². The third-order valence-electron chi connectivity index (χ3n) is 3.96. The van der Waals surface area contributed by atoms with E-state index in [4.69, 9.17) is 4.74 Å². The number of nitrogens with zero attached hydrogens (tertiary/aromatic N) is 5. The Labute approximate surface area is 151 Å². The molecule has 3 rings (SSSR count). The summed E-state index contributed by atoms with van der Waals surface area (Å²) >= 11 is 0. The van der Waals surface area contributed by atoms with E-state index in [1.54, 1.807) is 24.0 Å². The molecule has 0 saturated carbocycles. The SMILES string of the molecule is CCOC(=O)C[C@@H](C)Nc1nc(-c2ccncc2)nc2c1c(C)nn2C. The molecule has 0 radical (unpaired) electrons. The molecule has 8 nitrogen and oxygen atoms in total. The Kier molecular flexibility index (Phi) is 5.11. The van der Waals surface area contributed by atoms with Crippen LogP contribution >= 0.6 is 0 Å². The fourth-order valence-electron chi connectivity index (χ4n) is 2.83. The third kappa shape index (κ3) is 3.63. The Hall–Kier alpha value is -3.03. The van der Waals surface area contributed by atoms with Gasteiger partial charge < -0.3 is 10.1 Å². The summed E-state index contributed by atoms with van der Waals surface area (Å²) in [5.74, 6) is 0.994. The topological polar surface area (TPSA) is 94.8 Å². The number of fused-ring (bicyclic) bond motifs is 1. The number of esters is 1. The molecule has 3 heterocycles. The second kappa shape index (κ2) is 7.47. The van der Waals surface area contributed by atoms with Crippen LogP contribution in [0.1, 0.15) is 26.0 Å².